The van der Waals surface area contributed by atoms with E-state index >= 15 is 0 Å². The zero-order chi connectivity index (χ0) is 14.0. The van der Waals surface area contributed by atoms with Gasteiger partial charge >= 0.3 is 0 Å². The van der Waals surface area contributed by atoms with Crippen LogP contribution in [0.3, 0.4) is 0 Å². The molecule has 2 unspecified atom stereocenters. The summed E-state index contributed by atoms with van der Waals surface area (Å²) in [4.78, 5) is 12.6. The maximum absolute atomic E-state index is 10.8. The first kappa shape index (κ1) is 14.1. The van der Waals surface area contributed by atoms with Crippen LogP contribution >= 0.6 is 11.6 Å². The Morgan fingerprint density at radius 2 is 2.26 bits per heavy atom. The van der Waals surface area contributed by atoms with Gasteiger partial charge in [-0.1, -0.05) is 0 Å². The molecule has 0 amide bonds. The van der Waals surface area contributed by atoms with Gasteiger partial charge in [-0.15, -0.1) is 11.6 Å². The number of morpholine rings is 1. The standard InChI is InChI=1S/C13H17ClN2O3/c1-9-8-19-10(2)7-15(9)13-4-3-12(16(17)18)5-11(13)6-14/h3-5,9-10H,6-8H2,1-2H3. The van der Waals surface area contributed by atoms with Gasteiger partial charge in [0.15, 0.2) is 0 Å². The lowest BCUT2D eigenvalue weighted by Gasteiger charge is -2.39. The molecule has 1 saturated heterocycles. The Balaban J connectivity index is 2.35. The molecular weight excluding hydrogens is 268 g/mol. The summed E-state index contributed by atoms with van der Waals surface area (Å²) in [6, 6.07) is 5.09. The molecule has 0 radical (unpaired) electrons. The van der Waals surface area contributed by atoms with Gasteiger partial charge < -0.3 is 9.64 Å². The maximum Gasteiger partial charge on any atom is 0.269 e. The molecule has 104 valence electrons. The third-order valence-corrected chi connectivity index (χ3v) is 3.62. The van der Waals surface area contributed by atoms with Gasteiger partial charge in [-0.2, -0.15) is 0 Å². The van der Waals surface area contributed by atoms with Crippen molar-refractivity contribution in [3.05, 3.63) is 33.9 Å². The first-order valence-electron chi connectivity index (χ1n) is 6.24. The van der Waals surface area contributed by atoms with E-state index in [4.69, 9.17) is 16.3 Å². The first-order valence-corrected chi connectivity index (χ1v) is 6.78. The van der Waals surface area contributed by atoms with Crippen LogP contribution in [0.5, 0.6) is 0 Å². The van der Waals surface area contributed by atoms with Gasteiger partial charge in [0.05, 0.1) is 17.6 Å². The summed E-state index contributed by atoms with van der Waals surface area (Å²) < 4.78 is 5.59. The third kappa shape index (κ3) is 2.98. The van der Waals surface area contributed by atoms with Crippen molar-refractivity contribution in [3.8, 4) is 0 Å². The number of nitrogens with zero attached hydrogens (tertiary/aromatic N) is 2. The Kier molecular flexibility index (Phi) is 4.27. The van der Waals surface area contributed by atoms with Gasteiger partial charge in [-0.25, -0.2) is 0 Å². The van der Waals surface area contributed by atoms with Crippen LogP contribution < -0.4 is 4.90 Å². The van der Waals surface area contributed by atoms with Gasteiger partial charge in [0.1, 0.15) is 0 Å². The summed E-state index contributed by atoms with van der Waals surface area (Å²) in [6.45, 7) is 5.51. The number of hydrogen-bond donors (Lipinski definition) is 0. The van der Waals surface area contributed by atoms with Crippen LogP contribution in [0.15, 0.2) is 18.2 Å². The summed E-state index contributed by atoms with van der Waals surface area (Å²) in [5.74, 6) is 0.259. The number of nitro groups is 1. The van der Waals surface area contributed by atoms with Crippen molar-refractivity contribution in [2.75, 3.05) is 18.1 Å². The van der Waals surface area contributed by atoms with E-state index in [9.17, 15) is 10.1 Å². The highest BCUT2D eigenvalue weighted by Gasteiger charge is 2.26. The Hall–Kier alpha value is -1.33. The minimum atomic E-state index is -0.398. The van der Waals surface area contributed by atoms with Gasteiger partial charge in [-0.05, 0) is 25.5 Å². The minimum Gasteiger partial charge on any atom is -0.375 e. The van der Waals surface area contributed by atoms with Crippen molar-refractivity contribution in [1.82, 2.24) is 0 Å². The topological polar surface area (TPSA) is 55.6 Å². The second-order valence-corrected chi connectivity index (χ2v) is 5.12. The van der Waals surface area contributed by atoms with E-state index in [1.54, 1.807) is 12.1 Å². The van der Waals surface area contributed by atoms with Gasteiger partial charge in [0, 0.05) is 36.3 Å². The van der Waals surface area contributed by atoms with Crippen LogP contribution in [-0.2, 0) is 10.6 Å². The molecule has 0 saturated carbocycles. The fourth-order valence-corrected chi connectivity index (χ4v) is 2.53. The van der Waals surface area contributed by atoms with E-state index in [2.05, 4.69) is 11.8 Å². The van der Waals surface area contributed by atoms with Crippen molar-refractivity contribution >= 4 is 23.0 Å². The molecule has 1 aromatic rings. The predicted molar refractivity (Wildman–Crippen MR) is 74.9 cm³/mol. The summed E-state index contributed by atoms with van der Waals surface area (Å²) in [5.41, 5.74) is 1.83. The Morgan fingerprint density at radius 3 is 2.89 bits per heavy atom. The van der Waals surface area contributed by atoms with Gasteiger partial charge in [0.2, 0.25) is 0 Å². The van der Waals surface area contributed by atoms with Crippen LogP contribution in [0.4, 0.5) is 11.4 Å². The molecule has 0 aromatic heterocycles. The molecule has 0 bridgehead atoms. The summed E-state index contributed by atoms with van der Waals surface area (Å²) in [6.07, 6.45) is 0.148. The van der Waals surface area contributed by atoms with E-state index < -0.39 is 4.92 Å². The monoisotopic (exact) mass is 284 g/mol. The maximum atomic E-state index is 10.8. The molecule has 2 rings (SSSR count). The summed E-state index contributed by atoms with van der Waals surface area (Å²) >= 11 is 5.93. The summed E-state index contributed by atoms with van der Waals surface area (Å²) in [7, 11) is 0. The van der Waals surface area contributed by atoms with Gasteiger partial charge in [-0.3, -0.25) is 10.1 Å². The second kappa shape index (κ2) is 5.75. The van der Waals surface area contributed by atoms with E-state index in [0.717, 1.165) is 17.8 Å². The molecule has 1 aliphatic heterocycles. The number of alkyl halides is 1. The normalized spacial score (nSPS) is 23.4. The number of anilines is 1. The Labute approximate surface area is 117 Å². The quantitative estimate of drug-likeness (QED) is 0.486. The van der Waals surface area contributed by atoms with Crippen molar-refractivity contribution in [3.63, 3.8) is 0 Å². The SMILES string of the molecule is CC1CN(c2ccc([N+](=O)[O-])cc2CCl)C(C)CO1. The van der Waals surface area contributed by atoms with Gasteiger partial charge in [0.25, 0.3) is 5.69 Å². The molecule has 0 spiro atoms. The number of non-ortho nitro benzene ring substituents is 1. The molecule has 1 aliphatic rings. The van der Waals surface area contributed by atoms with E-state index in [1.165, 1.54) is 6.07 Å². The number of benzene rings is 1. The van der Waals surface area contributed by atoms with Crippen LogP contribution in [-0.4, -0.2) is 30.2 Å². The number of nitro benzene ring substituents is 1. The Morgan fingerprint density at radius 1 is 1.53 bits per heavy atom. The number of hydrogen-bond acceptors (Lipinski definition) is 4. The molecule has 1 aromatic carbocycles. The highest BCUT2D eigenvalue weighted by atomic mass is 35.5. The fourth-order valence-electron chi connectivity index (χ4n) is 2.31. The lowest BCUT2D eigenvalue weighted by Crippen LogP contribution is -2.47. The second-order valence-electron chi connectivity index (χ2n) is 4.85. The number of rotatable bonds is 3. The van der Waals surface area contributed by atoms with Crippen molar-refractivity contribution in [2.24, 2.45) is 0 Å². The highest BCUT2D eigenvalue weighted by Crippen LogP contribution is 2.30. The molecule has 1 fully saturated rings. The molecule has 0 aliphatic carbocycles. The van der Waals surface area contributed by atoms with Crippen molar-refractivity contribution in [1.29, 1.82) is 0 Å². The zero-order valence-electron chi connectivity index (χ0n) is 11.0. The van der Waals surface area contributed by atoms with Crippen molar-refractivity contribution in [2.45, 2.75) is 31.9 Å². The molecule has 19 heavy (non-hydrogen) atoms. The smallest absolute Gasteiger partial charge is 0.269 e. The van der Waals surface area contributed by atoms with Crippen molar-refractivity contribution < 1.29 is 9.66 Å². The average molecular weight is 285 g/mol. The average Bonchev–Trinajstić information content (AvgIpc) is 2.40. The molecule has 5 nitrogen and oxygen atoms in total. The number of halogens is 1. The zero-order valence-corrected chi connectivity index (χ0v) is 11.8. The van der Waals surface area contributed by atoms with Crippen LogP contribution in [0.25, 0.3) is 0 Å². The lowest BCUT2D eigenvalue weighted by molar-refractivity contribution is -0.384. The first-order chi connectivity index (χ1) is 9.02. The third-order valence-electron chi connectivity index (χ3n) is 3.34. The highest BCUT2D eigenvalue weighted by molar-refractivity contribution is 6.17. The molecule has 6 heteroatoms. The van der Waals surface area contributed by atoms with Crippen LogP contribution in [0.2, 0.25) is 0 Å². The minimum absolute atomic E-state index is 0.0772. The predicted octanol–water partition coefficient (Wildman–Crippen LogP) is 2.95. The van der Waals surface area contributed by atoms with E-state index in [-0.39, 0.29) is 23.7 Å². The summed E-state index contributed by atoms with van der Waals surface area (Å²) in [5, 5.41) is 10.8. The Bertz CT molecular complexity index is 481. The fraction of sp³-hybridized carbons (Fsp3) is 0.538. The molecule has 2 atom stereocenters. The molecule has 0 N–H and O–H groups in total. The largest absolute Gasteiger partial charge is 0.375 e. The molecular formula is C13H17ClN2O3. The number of ether oxygens (including phenoxy) is 1. The van der Waals surface area contributed by atoms with E-state index in [0.29, 0.717) is 6.61 Å². The van der Waals surface area contributed by atoms with Crippen LogP contribution in [0, 0.1) is 10.1 Å². The van der Waals surface area contributed by atoms with E-state index in [1.807, 2.05) is 6.92 Å². The lowest BCUT2D eigenvalue weighted by atomic mass is 10.1. The molecule has 1 heterocycles. The van der Waals surface area contributed by atoms with Crippen LogP contribution in [0.1, 0.15) is 19.4 Å².